The number of hydrogen-bond acceptors (Lipinski definition) is 5. The first-order valence-electron chi connectivity index (χ1n) is 7.97. The number of allylic oxidation sites excluding steroid dienone is 2. The van der Waals surface area contributed by atoms with Gasteiger partial charge < -0.3 is 25.0 Å². The molecule has 0 aromatic rings. The lowest BCUT2D eigenvalue weighted by molar-refractivity contribution is -0.127. The lowest BCUT2D eigenvalue weighted by atomic mass is 9.82. The fraction of sp³-hybridized carbons (Fsp3) is 0.750. The molecule has 0 bridgehead atoms. The van der Waals surface area contributed by atoms with Crippen LogP contribution in [0.1, 0.15) is 19.3 Å². The van der Waals surface area contributed by atoms with Gasteiger partial charge in [0.05, 0.1) is 25.4 Å². The van der Waals surface area contributed by atoms with Crippen LogP contribution in [0, 0.1) is 11.8 Å². The van der Waals surface area contributed by atoms with Gasteiger partial charge in [-0.15, -0.1) is 0 Å². The van der Waals surface area contributed by atoms with Crippen molar-refractivity contribution >= 4 is 12.0 Å². The van der Waals surface area contributed by atoms with Crippen molar-refractivity contribution in [3.05, 3.63) is 11.8 Å². The van der Waals surface area contributed by atoms with Crippen LogP contribution in [0.3, 0.4) is 0 Å². The van der Waals surface area contributed by atoms with Crippen LogP contribution in [-0.2, 0) is 14.3 Å². The highest BCUT2D eigenvalue weighted by molar-refractivity contribution is 5.79. The van der Waals surface area contributed by atoms with Crippen LogP contribution >= 0.6 is 0 Å². The molecule has 7 heteroatoms. The van der Waals surface area contributed by atoms with E-state index in [1.165, 1.54) is 0 Å². The summed E-state index contributed by atoms with van der Waals surface area (Å²) in [5.41, 5.74) is 0. The maximum atomic E-state index is 12.0. The molecule has 2 unspecified atom stereocenters. The van der Waals surface area contributed by atoms with E-state index in [4.69, 9.17) is 9.47 Å². The van der Waals surface area contributed by atoms with Crippen LogP contribution in [-0.4, -0.2) is 64.8 Å². The van der Waals surface area contributed by atoms with Crippen LogP contribution in [0.4, 0.5) is 4.79 Å². The number of carbonyl (C=O) groups is 2. The SMILES string of the molecule is CNC(=O)C1CC(OC)=CCC1COC(=O)NCCCN(C)C. The number of nitrogens with zero attached hydrogens (tertiary/aromatic N) is 1. The van der Waals surface area contributed by atoms with Crippen LogP contribution in [0.25, 0.3) is 0 Å². The maximum absolute atomic E-state index is 12.0. The van der Waals surface area contributed by atoms with Crippen molar-refractivity contribution < 1.29 is 19.1 Å². The molecule has 7 nitrogen and oxygen atoms in total. The largest absolute Gasteiger partial charge is 0.501 e. The Hall–Kier alpha value is -1.76. The summed E-state index contributed by atoms with van der Waals surface area (Å²) in [5, 5.41) is 5.39. The average molecular weight is 327 g/mol. The molecule has 2 amide bonds. The molecule has 2 atom stereocenters. The quantitative estimate of drug-likeness (QED) is 0.649. The van der Waals surface area contributed by atoms with Gasteiger partial charge in [-0.2, -0.15) is 0 Å². The van der Waals surface area contributed by atoms with E-state index in [0.717, 1.165) is 18.7 Å². The van der Waals surface area contributed by atoms with Crippen LogP contribution in [0.15, 0.2) is 11.8 Å². The fourth-order valence-electron chi connectivity index (χ4n) is 2.58. The second-order valence-electron chi connectivity index (χ2n) is 5.98. The highest BCUT2D eigenvalue weighted by Gasteiger charge is 2.32. The van der Waals surface area contributed by atoms with E-state index in [2.05, 4.69) is 15.5 Å². The summed E-state index contributed by atoms with van der Waals surface area (Å²) >= 11 is 0. The first-order chi connectivity index (χ1) is 11.0. The minimum Gasteiger partial charge on any atom is -0.501 e. The molecule has 0 radical (unpaired) electrons. The Kier molecular flexibility index (Phi) is 8.47. The van der Waals surface area contributed by atoms with Crippen LogP contribution < -0.4 is 10.6 Å². The number of ether oxygens (including phenoxy) is 2. The predicted octanol–water partition coefficient (Wildman–Crippen LogP) is 0.967. The summed E-state index contributed by atoms with van der Waals surface area (Å²) in [6.45, 7) is 1.71. The first-order valence-corrected chi connectivity index (χ1v) is 7.97. The second-order valence-corrected chi connectivity index (χ2v) is 5.98. The van der Waals surface area contributed by atoms with Gasteiger partial charge in [0.15, 0.2) is 0 Å². The Morgan fingerprint density at radius 1 is 1.39 bits per heavy atom. The van der Waals surface area contributed by atoms with Crippen molar-refractivity contribution in [2.24, 2.45) is 11.8 Å². The lowest BCUT2D eigenvalue weighted by Gasteiger charge is -2.29. The number of carbonyl (C=O) groups excluding carboxylic acids is 2. The van der Waals surface area contributed by atoms with E-state index in [0.29, 0.717) is 19.4 Å². The monoisotopic (exact) mass is 327 g/mol. The van der Waals surface area contributed by atoms with Gasteiger partial charge in [-0.3, -0.25) is 4.79 Å². The number of nitrogens with one attached hydrogen (secondary N) is 2. The van der Waals surface area contributed by atoms with Crippen molar-refractivity contribution in [2.75, 3.05) is 47.9 Å². The molecule has 0 saturated heterocycles. The van der Waals surface area contributed by atoms with E-state index < -0.39 is 6.09 Å². The van der Waals surface area contributed by atoms with Crippen LogP contribution in [0.5, 0.6) is 0 Å². The number of amides is 2. The van der Waals surface area contributed by atoms with Gasteiger partial charge in [-0.05, 0) is 39.6 Å². The summed E-state index contributed by atoms with van der Waals surface area (Å²) in [5.74, 6) is 0.499. The van der Waals surface area contributed by atoms with E-state index in [9.17, 15) is 9.59 Å². The Morgan fingerprint density at radius 3 is 2.74 bits per heavy atom. The molecule has 1 aliphatic rings. The van der Waals surface area contributed by atoms with Crippen molar-refractivity contribution in [1.82, 2.24) is 15.5 Å². The Bertz CT molecular complexity index is 424. The number of alkyl carbamates (subject to hydrolysis) is 1. The normalized spacial score (nSPS) is 20.7. The molecule has 132 valence electrons. The van der Waals surface area contributed by atoms with Gasteiger partial charge >= 0.3 is 6.09 Å². The standard InChI is InChI=1S/C16H29N3O4/c1-17-15(20)14-10-13(22-4)7-6-12(14)11-23-16(21)18-8-5-9-19(2)3/h7,12,14H,5-6,8-11H2,1-4H3,(H,17,20)(H,18,21). The van der Waals surface area contributed by atoms with Gasteiger partial charge in [0.1, 0.15) is 0 Å². The fourth-order valence-corrected chi connectivity index (χ4v) is 2.58. The molecule has 0 heterocycles. The van der Waals surface area contributed by atoms with Gasteiger partial charge in [-0.1, -0.05) is 0 Å². The molecule has 1 rings (SSSR count). The maximum Gasteiger partial charge on any atom is 0.407 e. The molecule has 0 spiro atoms. The highest BCUT2D eigenvalue weighted by atomic mass is 16.5. The first kappa shape index (κ1) is 19.3. The van der Waals surface area contributed by atoms with Crippen molar-refractivity contribution in [3.8, 4) is 0 Å². The van der Waals surface area contributed by atoms with Crippen molar-refractivity contribution in [1.29, 1.82) is 0 Å². The van der Waals surface area contributed by atoms with Gasteiger partial charge in [0.25, 0.3) is 0 Å². The third-order valence-electron chi connectivity index (χ3n) is 3.96. The molecule has 0 saturated carbocycles. The summed E-state index contributed by atoms with van der Waals surface area (Å²) < 4.78 is 10.5. The number of methoxy groups -OCH3 is 1. The van der Waals surface area contributed by atoms with E-state index in [-0.39, 0.29) is 24.3 Å². The zero-order chi connectivity index (χ0) is 17.2. The van der Waals surface area contributed by atoms with Gasteiger partial charge in [0.2, 0.25) is 5.91 Å². The Balaban J connectivity index is 2.40. The smallest absolute Gasteiger partial charge is 0.407 e. The molecule has 0 aromatic carbocycles. The summed E-state index contributed by atoms with van der Waals surface area (Å²) in [4.78, 5) is 25.8. The number of rotatable bonds is 8. The molecule has 0 aromatic heterocycles. The zero-order valence-electron chi connectivity index (χ0n) is 14.6. The molecular formula is C16H29N3O4. The van der Waals surface area contributed by atoms with Crippen molar-refractivity contribution in [2.45, 2.75) is 19.3 Å². The lowest BCUT2D eigenvalue weighted by Crippen LogP contribution is -2.38. The zero-order valence-corrected chi connectivity index (χ0v) is 14.6. The van der Waals surface area contributed by atoms with Crippen LogP contribution in [0.2, 0.25) is 0 Å². The molecule has 23 heavy (non-hydrogen) atoms. The van der Waals surface area contributed by atoms with E-state index in [1.807, 2.05) is 20.2 Å². The van der Waals surface area contributed by atoms with E-state index in [1.54, 1.807) is 14.2 Å². The summed E-state index contributed by atoms with van der Waals surface area (Å²) in [6.07, 6.45) is 3.60. The highest BCUT2D eigenvalue weighted by Crippen LogP contribution is 2.30. The summed E-state index contributed by atoms with van der Waals surface area (Å²) in [7, 11) is 7.19. The van der Waals surface area contributed by atoms with Gasteiger partial charge in [-0.25, -0.2) is 4.79 Å². The van der Waals surface area contributed by atoms with Gasteiger partial charge in [0, 0.05) is 25.9 Å². The van der Waals surface area contributed by atoms with Crippen molar-refractivity contribution in [3.63, 3.8) is 0 Å². The minimum atomic E-state index is -0.430. The average Bonchev–Trinajstić information content (AvgIpc) is 2.55. The third kappa shape index (κ3) is 6.90. The topological polar surface area (TPSA) is 79.9 Å². The second kappa shape index (κ2) is 10.1. The molecule has 0 fully saturated rings. The summed E-state index contributed by atoms with van der Waals surface area (Å²) in [6, 6.07) is 0. The molecular weight excluding hydrogens is 298 g/mol. The Morgan fingerprint density at radius 2 is 2.13 bits per heavy atom. The minimum absolute atomic E-state index is 0.0265. The predicted molar refractivity (Wildman–Crippen MR) is 87.9 cm³/mol. The molecule has 0 aliphatic heterocycles. The third-order valence-corrected chi connectivity index (χ3v) is 3.96. The van der Waals surface area contributed by atoms with E-state index >= 15 is 0 Å². The Labute approximate surface area is 138 Å². The molecule has 1 aliphatic carbocycles. The number of hydrogen-bond donors (Lipinski definition) is 2. The molecule has 2 N–H and O–H groups in total.